The third-order valence-electron chi connectivity index (χ3n) is 7.11. The first-order chi connectivity index (χ1) is 19.7. The minimum absolute atomic E-state index is 0.0183. The third-order valence-corrected chi connectivity index (χ3v) is 8.83. The van der Waals surface area contributed by atoms with Crippen LogP contribution in [0.25, 0.3) is 22.6 Å². The zero-order valence-corrected chi connectivity index (χ0v) is 24.2. The van der Waals surface area contributed by atoms with Crippen LogP contribution in [-0.4, -0.2) is 18.7 Å². The van der Waals surface area contributed by atoms with Gasteiger partial charge in [-0.1, -0.05) is 39.8 Å². The molecule has 0 aliphatic carbocycles. The Hall–Kier alpha value is -4.17. The Morgan fingerprint density at radius 2 is 1.74 bits per heavy atom. The predicted octanol–water partition coefficient (Wildman–Crippen LogP) is 7.39. The second kappa shape index (κ2) is 11.6. The Kier molecular flexibility index (Phi) is 8.51. The molecule has 0 radical (unpaired) electrons. The summed E-state index contributed by atoms with van der Waals surface area (Å²) < 4.78 is 90.1. The van der Waals surface area contributed by atoms with E-state index < -0.39 is 57.0 Å². The molecule has 0 amide bonds. The molecule has 2 heterocycles. The first-order valence-corrected chi connectivity index (χ1v) is 14.8. The topological polar surface area (TPSA) is 93.1 Å². The molecule has 0 fully saturated rings. The molecule has 4 aromatic rings. The van der Waals surface area contributed by atoms with Crippen LogP contribution in [0, 0.1) is 23.0 Å². The summed E-state index contributed by atoms with van der Waals surface area (Å²) in [6.45, 7) is 6.04. The summed E-state index contributed by atoms with van der Waals surface area (Å²) in [7, 11) is -3.57. The maximum Gasteiger partial charge on any atom is 0.274 e. The van der Waals surface area contributed by atoms with Crippen LogP contribution in [0.4, 0.5) is 17.6 Å². The first kappa shape index (κ1) is 30.8. The Balaban J connectivity index is 1.97. The van der Waals surface area contributed by atoms with Gasteiger partial charge in [-0.15, -0.1) is 0 Å². The fourth-order valence-electron chi connectivity index (χ4n) is 4.50. The van der Waals surface area contributed by atoms with Gasteiger partial charge in [0.1, 0.15) is 23.3 Å². The maximum atomic E-state index is 15.0. The zero-order valence-electron chi connectivity index (χ0n) is 23.3. The van der Waals surface area contributed by atoms with E-state index in [2.05, 4.69) is 0 Å². The number of nitriles is 1. The molecule has 0 N–H and O–H groups in total. The number of furan rings is 1. The lowest BCUT2D eigenvalue weighted by Crippen LogP contribution is -2.29. The van der Waals surface area contributed by atoms with Gasteiger partial charge in [0.25, 0.3) is 11.5 Å². The van der Waals surface area contributed by atoms with Gasteiger partial charge < -0.3 is 4.42 Å². The number of alkyl halides is 2. The maximum absolute atomic E-state index is 15.0. The number of halogens is 4. The minimum atomic E-state index is -3.57. The van der Waals surface area contributed by atoms with Crippen LogP contribution in [0.1, 0.15) is 62.3 Å². The van der Waals surface area contributed by atoms with Crippen LogP contribution in [0.3, 0.4) is 0 Å². The molecule has 6 nitrogen and oxygen atoms in total. The van der Waals surface area contributed by atoms with Crippen molar-refractivity contribution in [1.82, 2.24) is 4.57 Å². The SMILES string of the molecule is CCC(F)(F)c1cc(-c2cc(-c3cc(C(C)C)cc(S(=O)(=O)CC)c3)co2)n(Cc2ccc(F)cc2F)c(=O)c1C#N. The van der Waals surface area contributed by atoms with Gasteiger partial charge in [-0.2, -0.15) is 5.26 Å². The molecular weight excluding hydrogens is 572 g/mol. The number of hydrogen-bond acceptors (Lipinski definition) is 5. The van der Waals surface area contributed by atoms with Gasteiger partial charge in [0.15, 0.2) is 15.6 Å². The molecule has 0 aliphatic heterocycles. The molecule has 0 bridgehead atoms. The van der Waals surface area contributed by atoms with E-state index in [0.29, 0.717) is 17.2 Å². The molecule has 2 aromatic carbocycles. The lowest BCUT2D eigenvalue weighted by Gasteiger charge is -2.20. The van der Waals surface area contributed by atoms with E-state index in [1.165, 1.54) is 32.2 Å². The molecule has 0 saturated heterocycles. The van der Waals surface area contributed by atoms with Gasteiger partial charge >= 0.3 is 0 Å². The van der Waals surface area contributed by atoms with E-state index in [0.717, 1.165) is 28.3 Å². The summed E-state index contributed by atoms with van der Waals surface area (Å²) in [6.07, 6.45) is 0.595. The van der Waals surface area contributed by atoms with Crippen molar-refractivity contribution in [2.75, 3.05) is 5.75 Å². The summed E-state index contributed by atoms with van der Waals surface area (Å²) in [5.74, 6) is -5.54. The monoisotopic (exact) mass is 600 g/mol. The van der Waals surface area contributed by atoms with Crippen LogP contribution >= 0.6 is 0 Å². The van der Waals surface area contributed by atoms with Crippen molar-refractivity contribution in [3.05, 3.63) is 99.0 Å². The summed E-state index contributed by atoms with van der Waals surface area (Å²) in [4.78, 5) is 13.6. The Bertz CT molecular complexity index is 1870. The highest BCUT2D eigenvalue weighted by Crippen LogP contribution is 2.37. The number of benzene rings is 2. The fourth-order valence-corrected chi connectivity index (χ4v) is 5.46. The number of rotatable bonds is 9. The van der Waals surface area contributed by atoms with E-state index in [1.807, 2.05) is 13.8 Å². The van der Waals surface area contributed by atoms with Crippen molar-refractivity contribution in [1.29, 1.82) is 5.26 Å². The van der Waals surface area contributed by atoms with Gasteiger partial charge in [-0.25, -0.2) is 26.0 Å². The number of hydrogen-bond donors (Lipinski definition) is 0. The van der Waals surface area contributed by atoms with Crippen molar-refractivity contribution in [3.8, 4) is 28.7 Å². The smallest absolute Gasteiger partial charge is 0.274 e. The van der Waals surface area contributed by atoms with E-state index >= 15 is 0 Å². The van der Waals surface area contributed by atoms with Crippen molar-refractivity contribution in [2.45, 2.75) is 57.4 Å². The van der Waals surface area contributed by atoms with Crippen molar-refractivity contribution in [2.24, 2.45) is 0 Å². The van der Waals surface area contributed by atoms with Crippen LogP contribution in [0.15, 0.2) is 68.9 Å². The lowest BCUT2D eigenvalue weighted by atomic mass is 9.97. The quantitative estimate of drug-likeness (QED) is 0.187. The molecule has 42 heavy (non-hydrogen) atoms. The molecule has 0 unspecified atom stereocenters. The number of sulfone groups is 1. The standard InChI is InChI=1S/C31H28F4N2O4S/c1-5-31(34,35)26-14-28(37(30(38)25(26)15-36)16-19-7-8-23(32)13-27(19)33)29-12-22(17-41-29)21-9-20(18(3)4)10-24(11-21)42(39,40)6-2/h7-14,17-18H,5-6,16H2,1-4H3. The highest BCUT2D eigenvalue weighted by molar-refractivity contribution is 7.91. The van der Waals surface area contributed by atoms with Gasteiger partial charge in [0.05, 0.1) is 29.2 Å². The summed E-state index contributed by atoms with van der Waals surface area (Å²) in [5, 5.41) is 9.64. The van der Waals surface area contributed by atoms with Crippen molar-refractivity contribution in [3.63, 3.8) is 0 Å². The van der Waals surface area contributed by atoms with Crippen LogP contribution < -0.4 is 5.56 Å². The average Bonchev–Trinajstić information content (AvgIpc) is 3.45. The van der Waals surface area contributed by atoms with E-state index in [1.54, 1.807) is 18.2 Å². The highest BCUT2D eigenvalue weighted by Gasteiger charge is 2.35. The molecule has 0 saturated carbocycles. The molecule has 2 aromatic heterocycles. The minimum Gasteiger partial charge on any atom is -0.462 e. The highest BCUT2D eigenvalue weighted by atomic mass is 32.2. The third kappa shape index (κ3) is 5.90. The zero-order chi connectivity index (χ0) is 31.0. The number of aromatic nitrogens is 1. The fraction of sp³-hybridized carbons (Fsp3) is 0.290. The van der Waals surface area contributed by atoms with Gasteiger partial charge in [-0.3, -0.25) is 9.36 Å². The molecule has 0 aliphatic rings. The summed E-state index contributed by atoms with van der Waals surface area (Å²) >= 11 is 0. The predicted molar refractivity (Wildman–Crippen MR) is 150 cm³/mol. The van der Waals surface area contributed by atoms with Crippen LogP contribution in [0.5, 0.6) is 0 Å². The Labute approximate surface area is 240 Å². The van der Waals surface area contributed by atoms with Crippen molar-refractivity contribution < 1.29 is 30.4 Å². The first-order valence-electron chi connectivity index (χ1n) is 13.2. The Morgan fingerprint density at radius 1 is 1.02 bits per heavy atom. The van der Waals surface area contributed by atoms with Crippen LogP contribution in [-0.2, 0) is 22.3 Å². The summed E-state index contributed by atoms with van der Waals surface area (Å²) in [6, 6.07) is 11.6. The molecule has 0 atom stereocenters. The molecule has 11 heteroatoms. The largest absolute Gasteiger partial charge is 0.462 e. The summed E-state index contributed by atoms with van der Waals surface area (Å²) in [5.41, 5.74) is -1.37. The van der Waals surface area contributed by atoms with Gasteiger partial charge in [0, 0.05) is 29.2 Å². The second-order valence-corrected chi connectivity index (χ2v) is 12.4. The van der Waals surface area contributed by atoms with Gasteiger partial charge in [0.2, 0.25) is 0 Å². The van der Waals surface area contributed by atoms with Crippen LogP contribution in [0.2, 0.25) is 0 Å². The number of pyridine rings is 1. The average molecular weight is 601 g/mol. The van der Waals surface area contributed by atoms with E-state index in [4.69, 9.17) is 4.42 Å². The molecule has 220 valence electrons. The lowest BCUT2D eigenvalue weighted by molar-refractivity contribution is -0.00877. The second-order valence-electron chi connectivity index (χ2n) is 10.2. The normalized spacial score (nSPS) is 12.1. The van der Waals surface area contributed by atoms with E-state index in [-0.39, 0.29) is 33.6 Å². The number of nitrogens with zero attached hydrogens (tertiary/aromatic N) is 2. The molecule has 0 spiro atoms. The van der Waals surface area contributed by atoms with Crippen molar-refractivity contribution >= 4 is 9.84 Å². The Morgan fingerprint density at radius 3 is 2.33 bits per heavy atom. The molecular formula is C31H28F4N2O4S. The van der Waals surface area contributed by atoms with Gasteiger partial charge in [-0.05, 0) is 47.4 Å². The van der Waals surface area contributed by atoms with E-state index in [9.17, 15) is 36.0 Å². The molecule has 4 rings (SSSR count).